The van der Waals surface area contributed by atoms with E-state index >= 15 is 0 Å². The van der Waals surface area contributed by atoms with Crippen molar-refractivity contribution in [2.45, 2.75) is 32.2 Å². The third-order valence-corrected chi connectivity index (χ3v) is 2.70. The van der Waals surface area contributed by atoms with Crippen molar-refractivity contribution in [3.8, 4) is 0 Å². The average molecular weight is 258 g/mol. The summed E-state index contributed by atoms with van der Waals surface area (Å²) in [5, 5.41) is 3.21. The third kappa shape index (κ3) is 8.19. The normalized spacial score (nSPS) is 15.4. The van der Waals surface area contributed by atoms with Crippen LogP contribution in [0.5, 0.6) is 0 Å². The molecule has 1 heterocycles. The molecule has 0 aromatic heterocycles. The van der Waals surface area contributed by atoms with Gasteiger partial charge in [-0.25, -0.2) is 0 Å². The molecule has 1 aliphatic heterocycles. The summed E-state index contributed by atoms with van der Waals surface area (Å²) >= 11 is 0. The Morgan fingerprint density at radius 3 is 2.18 bits per heavy atom. The first-order valence-electron chi connectivity index (χ1n) is 6.12. The van der Waals surface area contributed by atoms with Crippen LogP contribution >= 0.6 is 12.4 Å². The number of benzene rings is 1. The lowest BCUT2D eigenvalue weighted by Gasteiger charge is -2.08. The fourth-order valence-corrected chi connectivity index (χ4v) is 1.58. The van der Waals surface area contributed by atoms with Crippen LogP contribution in [0.1, 0.15) is 25.3 Å². The summed E-state index contributed by atoms with van der Waals surface area (Å²) < 4.78 is 4.94. The number of nitrogens with one attached hydrogen (secondary N) is 1. The van der Waals surface area contributed by atoms with Gasteiger partial charge in [-0.3, -0.25) is 0 Å². The summed E-state index contributed by atoms with van der Waals surface area (Å²) in [6, 6.07) is 11.1. The van der Waals surface area contributed by atoms with E-state index in [1.54, 1.807) is 0 Å². The molecule has 0 radical (unpaired) electrons. The number of hydrogen-bond acceptors (Lipinski definition) is 2. The van der Waals surface area contributed by atoms with Crippen molar-refractivity contribution in [2.75, 3.05) is 20.3 Å². The van der Waals surface area contributed by atoms with Crippen molar-refractivity contribution in [3.05, 3.63) is 35.9 Å². The SMILES string of the molecule is C1CCOC1.CN[C@@H](C)Cc1ccccc1.Cl. The van der Waals surface area contributed by atoms with Crippen molar-refractivity contribution < 1.29 is 4.74 Å². The number of hydrogen-bond donors (Lipinski definition) is 1. The molecule has 1 fully saturated rings. The van der Waals surface area contributed by atoms with Gasteiger partial charge in [0.05, 0.1) is 0 Å². The van der Waals surface area contributed by atoms with Crippen LogP contribution in [0.15, 0.2) is 30.3 Å². The van der Waals surface area contributed by atoms with Gasteiger partial charge in [0.15, 0.2) is 0 Å². The second-order valence-electron chi connectivity index (χ2n) is 4.20. The fraction of sp³-hybridized carbons (Fsp3) is 0.571. The molecule has 1 aromatic carbocycles. The Morgan fingerprint density at radius 2 is 1.76 bits per heavy atom. The maximum absolute atomic E-state index is 4.94. The third-order valence-electron chi connectivity index (χ3n) is 2.70. The molecule has 0 aliphatic carbocycles. The molecule has 1 aromatic rings. The van der Waals surface area contributed by atoms with E-state index < -0.39 is 0 Å². The van der Waals surface area contributed by atoms with Crippen molar-refractivity contribution in [1.82, 2.24) is 5.32 Å². The zero-order valence-corrected chi connectivity index (χ0v) is 11.6. The maximum Gasteiger partial charge on any atom is 0.0466 e. The number of rotatable bonds is 3. The molecule has 1 N–H and O–H groups in total. The lowest BCUT2D eigenvalue weighted by molar-refractivity contribution is 0.198. The first kappa shape index (κ1) is 16.4. The standard InChI is InChI=1S/C10H15N.C4H8O.ClH/c1-9(11-2)8-10-6-4-3-5-7-10;1-2-4-5-3-1;/h3-7,9,11H,8H2,1-2H3;1-4H2;1H/t9-;;/m0../s1. The number of halogens is 1. The van der Waals surface area contributed by atoms with Gasteiger partial charge in [0.25, 0.3) is 0 Å². The summed E-state index contributed by atoms with van der Waals surface area (Å²) in [4.78, 5) is 0. The molecule has 0 saturated carbocycles. The van der Waals surface area contributed by atoms with Crippen molar-refractivity contribution in [1.29, 1.82) is 0 Å². The van der Waals surface area contributed by atoms with Gasteiger partial charge in [-0.1, -0.05) is 30.3 Å². The maximum atomic E-state index is 4.94. The molecule has 2 rings (SSSR count). The molecule has 0 bridgehead atoms. The minimum absolute atomic E-state index is 0. The van der Waals surface area contributed by atoms with Gasteiger partial charge >= 0.3 is 0 Å². The van der Waals surface area contributed by atoms with Crippen LogP contribution in [-0.4, -0.2) is 26.3 Å². The molecule has 1 atom stereocenters. The van der Waals surface area contributed by atoms with Crippen LogP contribution in [0.2, 0.25) is 0 Å². The molecule has 0 unspecified atom stereocenters. The Labute approximate surface area is 111 Å². The molecule has 98 valence electrons. The summed E-state index contributed by atoms with van der Waals surface area (Å²) in [7, 11) is 1.99. The van der Waals surface area contributed by atoms with Crippen LogP contribution in [0, 0.1) is 0 Å². The van der Waals surface area contributed by atoms with Crippen LogP contribution in [-0.2, 0) is 11.2 Å². The Bertz CT molecular complexity index is 255. The zero-order valence-electron chi connectivity index (χ0n) is 10.8. The minimum Gasteiger partial charge on any atom is -0.381 e. The van der Waals surface area contributed by atoms with Crippen molar-refractivity contribution in [2.24, 2.45) is 0 Å². The van der Waals surface area contributed by atoms with Crippen molar-refractivity contribution in [3.63, 3.8) is 0 Å². The summed E-state index contributed by atoms with van der Waals surface area (Å²) in [5.41, 5.74) is 1.40. The van der Waals surface area contributed by atoms with E-state index in [2.05, 4.69) is 36.5 Å². The first-order valence-corrected chi connectivity index (χ1v) is 6.12. The molecule has 0 amide bonds. The average Bonchev–Trinajstić information content (AvgIpc) is 2.89. The monoisotopic (exact) mass is 257 g/mol. The molecule has 0 spiro atoms. The highest BCUT2D eigenvalue weighted by Crippen LogP contribution is 2.01. The number of ether oxygens (including phenoxy) is 1. The van der Waals surface area contributed by atoms with E-state index in [9.17, 15) is 0 Å². The van der Waals surface area contributed by atoms with E-state index in [4.69, 9.17) is 4.74 Å². The van der Waals surface area contributed by atoms with Crippen molar-refractivity contribution >= 4 is 12.4 Å². The van der Waals surface area contributed by atoms with E-state index in [-0.39, 0.29) is 12.4 Å². The van der Waals surface area contributed by atoms with Gasteiger partial charge in [0, 0.05) is 19.3 Å². The Balaban J connectivity index is 0.000000360. The smallest absolute Gasteiger partial charge is 0.0466 e. The van der Waals surface area contributed by atoms with Gasteiger partial charge in [-0.15, -0.1) is 12.4 Å². The molecule has 17 heavy (non-hydrogen) atoms. The Kier molecular flexibility index (Phi) is 10.2. The zero-order chi connectivity index (χ0) is 11.6. The number of likely N-dealkylation sites (N-methyl/N-ethyl adjacent to an activating group) is 1. The summed E-state index contributed by atoms with van der Waals surface area (Å²) in [5.74, 6) is 0. The van der Waals surface area contributed by atoms with Gasteiger partial charge in [0.2, 0.25) is 0 Å². The molecule has 1 aliphatic rings. The first-order chi connectivity index (χ1) is 7.83. The van der Waals surface area contributed by atoms with Crippen LogP contribution in [0.4, 0.5) is 0 Å². The van der Waals surface area contributed by atoms with E-state index in [1.807, 2.05) is 13.1 Å². The predicted octanol–water partition coefficient (Wildman–Crippen LogP) is 3.06. The summed E-state index contributed by atoms with van der Waals surface area (Å²) in [6.45, 7) is 4.19. The van der Waals surface area contributed by atoms with E-state index in [0.717, 1.165) is 19.6 Å². The molecule has 3 heteroatoms. The van der Waals surface area contributed by atoms with Crippen LogP contribution < -0.4 is 5.32 Å². The molecular weight excluding hydrogens is 234 g/mol. The second kappa shape index (κ2) is 10.6. The molecule has 2 nitrogen and oxygen atoms in total. The van der Waals surface area contributed by atoms with Gasteiger partial charge in [-0.05, 0) is 38.8 Å². The van der Waals surface area contributed by atoms with Gasteiger partial charge < -0.3 is 10.1 Å². The summed E-state index contributed by atoms with van der Waals surface area (Å²) in [6.07, 6.45) is 3.66. The fourth-order valence-electron chi connectivity index (χ4n) is 1.58. The largest absolute Gasteiger partial charge is 0.381 e. The lowest BCUT2D eigenvalue weighted by Crippen LogP contribution is -2.23. The van der Waals surface area contributed by atoms with Gasteiger partial charge in [0.1, 0.15) is 0 Å². The lowest BCUT2D eigenvalue weighted by atomic mass is 10.1. The van der Waals surface area contributed by atoms with E-state index in [1.165, 1.54) is 18.4 Å². The molecule has 1 saturated heterocycles. The Morgan fingerprint density at radius 1 is 1.18 bits per heavy atom. The molecular formula is C14H24ClNO. The van der Waals surface area contributed by atoms with E-state index in [0.29, 0.717) is 6.04 Å². The highest BCUT2D eigenvalue weighted by Gasteiger charge is 1.97. The van der Waals surface area contributed by atoms with Crippen LogP contribution in [0.25, 0.3) is 0 Å². The van der Waals surface area contributed by atoms with Gasteiger partial charge in [-0.2, -0.15) is 0 Å². The van der Waals surface area contributed by atoms with Crippen LogP contribution in [0.3, 0.4) is 0 Å². The second-order valence-corrected chi connectivity index (χ2v) is 4.20. The highest BCUT2D eigenvalue weighted by molar-refractivity contribution is 5.85. The topological polar surface area (TPSA) is 21.3 Å². The Hall–Kier alpha value is -0.570. The predicted molar refractivity (Wildman–Crippen MR) is 76.0 cm³/mol. The highest BCUT2D eigenvalue weighted by atomic mass is 35.5. The minimum atomic E-state index is 0. The quantitative estimate of drug-likeness (QED) is 0.899.